The highest BCUT2D eigenvalue weighted by Gasteiger charge is 2.31. The number of hydrogen-bond acceptors (Lipinski definition) is 4. The first-order chi connectivity index (χ1) is 7.31. The average molecular weight is 214 g/mol. The van der Waals surface area contributed by atoms with Crippen LogP contribution in [0.2, 0.25) is 0 Å². The van der Waals surface area contributed by atoms with Gasteiger partial charge in [0.05, 0.1) is 0 Å². The fraction of sp³-hybridized carbons (Fsp3) is 0.900. The van der Waals surface area contributed by atoms with E-state index in [1.807, 2.05) is 0 Å². The molecule has 0 aliphatic carbocycles. The van der Waals surface area contributed by atoms with Gasteiger partial charge in [0, 0.05) is 25.7 Å². The van der Waals surface area contributed by atoms with Gasteiger partial charge in [0.25, 0.3) is 0 Å². The summed E-state index contributed by atoms with van der Waals surface area (Å²) in [6.07, 6.45) is 3.31. The molecule has 1 amide bonds. The van der Waals surface area contributed by atoms with Crippen molar-refractivity contribution in [2.75, 3.05) is 33.0 Å². The van der Waals surface area contributed by atoms with Crippen molar-refractivity contribution in [2.24, 2.45) is 0 Å². The molecule has 5 nitrogen and oxygen atoms in total. The lowest BCUT2D eigenvalue weighted by molar-refractivity contribution is -0.00148. The number of piperazine rings is 1. The molecule has 0 aromatic heterocycles. The number of aliphatic hydroxyl groups excluding tert-OH is 1. The molecular formula is C10H18N2O3. The predicted molar refractivity (Wildman–Crippen MR) is 54.4 cm³/mol. The van der Waals surface area contributed by atoms with Crippen LogP contribution in [0.5, 0.6) is 0 Å². The Morgan fingerprint density at radius 3 is 3.00 bits per heavy atom. The minimum atomic E-state index is -0.524. The van der Waals surface area contributed by atoms with Gasteiger partial charge in [-0.1, -0.05) is 6.42 Å². The largest absolute Gasteiger partial charge is 0.422 e. The van der Waals surface area contributed by atoms with Gasteiger partial charge < -0.3 is 14.7 Å². The molecule has 0 bridgehead atoms. The van der Waals surface area contributed by atoms with E-state index in [0.29, 0.717) is 6.04 Å². The summed E-state index contributed by atoms with van der Waals surface area (Å²) >= 11 is 0. The van der Waals surface area contributed by atoms with Crippen LogP contribution in [0.4, 0.5) is 4.79 Å². The number of hydrogen-bond donors (Lipinski definition) is 1. The van der Waals surface area contributed by atoms with Gasteiger partial charge >= 0.3 is 6.09 Å². The van der Waals surface area contributed by atoms with E-state index in [9.17, 15) is 4.79 Å². The van der Waals surface area contributed by atoms with Gasteiger partial charge in [0.2, 0.25) is 0 Å². The maximum atomic E-state index is 11.4. The summed E-state index contributed by atoms with van der Waals surface area (Å²) in [5.41, 5.74) is 0. The number of amides is 1. The van der Waals surface area contributed by atoms with E-state index in [1.165, 1.54) is 19.3 Å². The second-order valence-corrected chi connectivity index (χ2v) is 4.17. The van der Waals surface area contributed by atoms with E-state index in [0.717, 1.165) is 26.2 Å². The van der Waals surface area contributed by atoms with Gasteiger partial charge in [-0.2, -0.15) is 0 Å². The SMILES string of the molecule is O=C(OCO)N1CCN2CCCCC2C1. The summed E-state index contributed by atoms with van der Waals surface area (Å²) in [5.74, 6) is 0. The first-order valence-corrected chi connectivity index (χ1v) is 5.58. The van der Waals surface area contributed by atoms with Crippen molar-refractivity contribution in [1.82, 2.24) is 9.80 Å². The Morgan fingerprint density at radius 1 is 1.33 bits per heavy atom. The smallest absolute Gasteiger partial charge is 0.411 e. The van der Waals surface area contributed by atoms with Gasteiger partial charge in [-0.05, 0) is 19.4 Å². The second-order valence-electron chi connectivity index (χ2n) is 4.17. The van der Waals surface area contributed by atoms with Gasteiger partial charge in [0.1, 0.15) is 0 Å². The normalized spacial score (nSPS) is 27.3. The maximum Gasteiger partial charge on any atom is 0.411 e. The first-order valence-electron chi connectivity index (χ1n) is 5.58. The molecule has 5 heteroatoms. The topological polar surface area (TPSA) is 53.0 Å². The Hall–Kier alpha value is -0.810. The van der Waals surface area contributed by atoms with Crippen molar-refractivity contribution >= 4 is 6.09 Å². The van der Waals surface area contributed by atoms with Gasteiger partial charge in [-0.25, -0.2) is 4.79 Å². The summed E-state index contributed by atoms with van der Waals surface area (Å²) < 4.78 is 4.59. The molecule has 0 aromatic rings. The zero-order valence-electron chi connectivity index (χ0n) is 8.89. The number of piperidine rings is 1. The summed E-state index contributed by atoms with van der Waals surface area (Å²) in [4.78, 5) is 15.5. The monoisotopic (exact) mass is 214 g/mol. The number of rotatable bonds is 1. The van der Waals surface area contributed by atoms with Crippen LogP contribution in [0.15, 0.2) is 0 Å². The standard InChI is InChI=1S/C10H18N2O3/c13-8-15-10(14)12-6-5-11-4-2-1-3-9(11)7-12/h9,13H,1-8H2. The first kappa shape index (κ1) is 10.7. The van der Waals surface area contributed by atoms with Crippen LogP contribution in [-0.4, -0.2) is 60.0 Å². The Morgan fingerprint density at radius 2 is 2.20 bits per heavy atom. The van der Waals surface area contributed by atoms with Crippen LogP contribution in [-0.2, 0) is 4.74 Å². The van der Waals surface area contributed by atoms with Crippen LogP contribution in [0.25, 0.3) is 0 Å². The third kappa shape index (κ3) is 2.41. The molecule has 2 heterocycles. The average Bonchev–Trinajstić information content (AvgIpc) is 2.29. The Balaban J connectivity index is 1.87. The lowest BCUT2D eigenvalue weighted by Gasteiger charge is -2.43. The lowest BCUT2D eigenvalue weighted by atomic mass is 10.00. The van der Waals surface area contributed by atoms with Crippen LogP contribution < -0.4 is 0 Å². The van der Waals surface area contributed by atoms with E-state index in [-0.39, 0.29) is 6.09 Å². The number of aliphatic hydroxyl groups is 1. The van der Waals surface area contributed by atoms with E-state index in [2.05, 4.69) is 9.64 Å². The van der Waals surface area contributed by atoms with Crippen LogP contribution in [0.1, 0.15) is 19.3 Å². The van der Waals surface area contributed by atoms with E-state index in [1.54, 1.807) is 4.90 Å². The number of ether oxygens (including phenoxy) is 1. The number of nitrogens with zero attached hydrogens (tertiary/aromatic N) is 2. The molecule has 2 fully saturated rings. The highest BCUT2D eigenvalue weighted by molar-refractivity contribution is 5.67. The molecule has 0 aromatic carbocycles. The molecule has 2 aliphatic rings. The molecule has 0 radical (unpaired) electrons. The van der Waals surface area contributed by atoms with Crippen LogP contribution >= 0.6 is 0 Å². The van der Waals surface area contributed by atoms with Crippen molar-refractivity contribution in [1.29, 1.82) is 0 Å². The fourth-order valence-electron chi connectivity index (χ4n) is 2.47. The highest BCUT2D eigenvalue weighted by Crippen LogP contribution is 2.21. The van der Waals surface area contributed by atoms with Crippen molar-refractivity contribution < 1.29 is 14.6 Å². The molecule has 2 saturated heterocycles. The lowest BCUT2D eigenvalue weighted by Crippen LogP contribution is -2.56. The van der Waals surface area contributed by atoms with Gasteiger partial charge in [-0.3, -0.25) is 4.90 Å². The fourth-order valence-corrected chi connectivity index (χ4v) is 2.47. The molecule has 15 heavy (non-hydrogen) atoms. The van der Waals surface area contributed by atoms with Gasteiger partial charge in [0.15, 0.2) is 6.79 Å². The minimum Gasteiger partial charge on any atom is -0.422 e. The highest BCUT2D eigenvalue weighted by atomic mass is 16.6. The van der Waals surface area contributed by atoms with Gasteiger partial charge in [-0.15, -0.1) is 0 Å². The van der Waals surface area contributed by atoms with Crippen molar-refractivity contribution in [3.63, 3.8) is 0 Å². The Bertz CT molecular complexity index is 235. The molecule has 0 spiro atoms. The zero-order valence-corrected chi connectivity index (χ0v) is 8.89. The van der Waals surface area contributed by atoms with E-state index < -0.39 is 6.79 Å². The maximum absolute atomic E-state index is 11.4. The zero-order chi connectivity index (χ0) is 10.7. The van der Waals surface area contributed by atoms with Crippen molar-refractivity contribution in [2.45, 2.75) is 25.3 Å². The second kappa shape index (κ2) is 4.81. The molecule has 1 N–H and O–H groups in total. The van der Waals surface area contributed by atoms with Crippen LogP contribution in [0, 0.1) is 0 Å². The summed E-state index contributed by atoms with van der Waals surface area (Å²) in [6, 6.07) is 0.499. The van der Waals surface area contributed by atoms with E-state index in [4.69, 9.17) is 5.11 Å². The summed E-state index contributed by atoms with van der Waals surface area (Å²) in [6.45, 7) is 3.04. The number of fused-ring (bicyclic) bond motifs is 1. The molecular weight excluding hydrogens is 196 g/mol. The Labute approximate surface area is 89.6 Å². The Kier molecular flexibility index (Phi) is 3.43. The third-order valence-corrected chi connectivity index (χ3v) is 3.28. The molecule has 1 atom stereocenters. The molecule has 2 rings (SSSR count). The number of carbonyl (C=O) groups excluding carboxylic acids is 1. The predicted octanol–water partition coefficient (Wildman–Crippen LogP) is 0.243. The molecule has 86 valence electrons. The van der Waals surface area contributed by atoms with Crippen LogP contribution in [0.3, 0.4) is 0 Å². The molecule has 2 aliphatic heterocycles. The molecule has 1 unspecified atom stereocenters. The summed E-state index contributed by atoms with van der Waals surface area (Å²) in [7, 11) is 0. The van der Waals surface area contributed by atoms with Crippen molar-refractivity contribution in [3.05, 3.63) is 0 Å². The summed E-state index contributed by atoms with van der Waals surface area (Å²) in [5, 5.41) is 8.52. The molecule has 0 saturated carbocycles. The minimum absolute atomic E-state index is 0.386. The quantitative estimate of drug-likeness (QED) is 0.635. The third-order valence-electron chi connectivity index (χ3n) is 3.28. The number of carbonyl (C=O) groups is 1. The van der Waals surface area contributed by atoms with E-state index >= 15 is 0 Å². The van der Waals surface area contributed by atoms with Crippen molar-refractivity contribution in [3.8, 4) is 0 Å².